The van der Waals surface area contributed by atoms with Gasteiger partial charge in [0, 0.05) is 31.7 Å². The maximum Gasteiger partial charge on any atom is 0.191 e. The summed E-state index contributed by atoms with van der Waals surface area (Å²) in [6.45, 7) is 11.2. The summed E-state index contributed by atoms with van der Waals surface area (Å²) in [5, 5.41) is 7.17. The van der Waals surface area contributed by atoms with Gasteiger partial charge in [0.1, 0.15) is 0 Å². The van der Waals surface area contributed by atoms with Crippen LogP contribution in [0.2, 0.25) is 0 Å². The van der Waals surface area contributed by atoms with E-state index in [-0.39, 0.29) is 0 Å². The lowest BCUT2D eigenvalue weighted by molar-refractivity contribution is 0.206. The summed E-state index contributed by atoms with van der Waals surface area (Å²) in [6.07, 6.45) is 5.04. The minimum Gasteiger partial charge on any atom is -0.354 e. The van der Waals surface area contributed by atoms with Crippen LogP contribution >= 0.6 is 0 Å². The third-order valence-corrected chi connectivity index (χ3v) is 4.22. The average Bonchev–Trinajstić information content (AvgIpc) is 3.08. The first-order valence-corrected chi connectivity index (χ1v) is 8.02. The van der Waals surface area contributed by atoms with Gasteiger partial charge in [0.15, 0.2) is 5.96 Å². The first-order valence-electron chi connectivity index (χ1n) is 8.02. The first kappa shape index (κ1) is 14.6. The molecule has 4 heteroatoms. The van der Waals surface area contributed by atoms with Gasteiger partial charge < -0.3 is 15.5 Å². The lowest BCUT2D eigenvalue weighted by Crippen LogP contribution is -2.49. The maximum atomic E-state index is 4.57. The van der Waals surface area contributed by atoms with Gasteiger partial charge in [-0.3, -0.25) is 4.99 Å². The molecule has 2 aliphatic rings. The molecule has 2 N–H and O–H groups in total. The van der Waals surface area contributed by atoms with Crippen LogP contribution in [0.3, 0.4) is 0 Å². The molecule has 2 fully saturated rings. The first-order chi connectivity index (χ1) is 9.22. The normalized spacial score (nSPS) is 29.3. The second-order valence-corrected chi connectivity index (χ2v) is 6.05. The van der Waals surface area contributed by atoms with Crippen LogP contribution < -0.4 is 10.6 Å². The Balaban J connectivity index is 1.74. The molecule has 1 aliphatic heterocycles. The Hall–Kier alpha value is -0.770. The number of rotatable bonds is 5. The van der Waals surface area contributed by atoms with Crippen molar-refractivity contribution >= 4 is 5.96 Å². The molecular formula is C15H30N4. The number of hydrogen-bond acceptors (Lipinski definition) is 2. The Bertz CT molecular complexity index is 295. The number of piperidine rings is 1. The van der Waals surface area contributed by atoms with Crippen LogP contribution in [0, 0.1) is 5.92 Å². The highest BCUT2D eigenvalue weighted by Gasteiger charge is 2.33. The molecule has 2 atom stereocenters. The summed E-state index contributed by atoms with van der Waals surface area (Å²) in [4.78, 5) is 7.14. The Morgan fingerprint density at radius 2 is 1.89 bits per heavy atom. The van der Waals surface area contributed by atoms with Crippen LogP contribution in [0.4, 0.5) is 0 Å². The minimum atomic E-state index is 0.597. The molecule has 0 spiro atoms. The van der Waals surface area contributed by atoms with Crippen LogP contribution in [-0.4, -0.2) is 49.1 Å². The molecule has 0 bridgehead atoms. The molecule has 4 nitrogen and oxygen atoms in total. The number of likely N-dealkylation sites (tertiary alicyclic amines) is 1. The molecule has 1 heterocycles. The predicted octanol–water partition coefficient (Wildman–Crippen LogP) is 1.82. The molecule has 110 valence electrons. The Labute approximate surface area is 118 Å². The van der Waals surface area contributed by atoms with Crippen molar-refractivity contribution in [2.24, 2.45) is 10.9 Å². The standard InChI is InChI=1S/C15H30N4/c1-4-8-19-9-6-13(7-10-19)17-15(16-5-2)18-14-11-12(14)3/h12-14H,4-11H2,1-3H3,(H2,16,17,18). The molecule has 0 aromatic carbocycles. The highest BCUT2D eigenvalue weighted by molar-refractivity contribution is 5.80. The van der Waals surface area contributed by atoms with Crippen LogP contribution in [0.1, 0.15) is 46.5 Å². The summed E-state index contributed by atoms with van der Waals surface area (Å²) in [5.41, 5.74) is 0. The fourth-order valence-electron chi connectivity index (χ4n) is 2.80. The Morgan fingerprint density at radius 1 is 1.21 bits per heavy atom. The summed E-state index contributed by atoms with van der Waals surface area (Å²) in [7, 11) is 0. The van der Waals surface area contributed by atoms with Crippen molar-refractivity contribution < 1.29 is 0 Å². The molecular weight excluding hydrogens is 236 g/mol. The van der Waals surface area contributed by atoms with Gasteiger partial charge in [-0.25, -0.2) is 0 Å². The molecule has 19 heavy (non-hydrogen) atoms. The van der Waals surface area contributed by atoms with Crippen molar-refractivity contribution in [1.29, 1.82) is 0 Å². The summed E-state index contributed by atoms with van der Waals surface area (Å²) in [5.74, 6) is 1.85. The van der Waals surface area contributed by atoms with Crippen LogP contribution in [0.15, 0.2) is 4.99 Å². The van der Waals surface area contributed by atoms with Crippen molar-refractivity contribution in [1.82, 2.24) is 15.5 Å². The Kier molecular flexibility index (Phi) is 5.49. The number of nitrogens with zero attached hydrogens (tertiary/aromatic N) is 2. The molecule has 2 rings (SSSR count). The third-order valence-electron chi connectivity index (χ3n) is 4.22. The lowest BCUT2D eigenvalue weighted by Gasteiger charge is -2.32. The van der Waals surface area contributed by atoms with E-state index >= 15 is 0 Å². The van der Waals surface area contributed by atoms with Crippen molar-refractivity contribution in [3.05, 3.63) is 0 Å². The van der Waals surface area contributed by atoms with E-state index in [0.29, 0.717) is 12.1 Å². The van der Waals surface area contributed by atoms with E-state index in [1.54, 1.807) is 0 Å². The molecule has 0 aromatic heterocycles. The predicted molar refractivity (Wildman–Crippen MR) is 81.6 cm³/mol. The number of nitrogens with one attached hydrogen (secondary N) is 2. The van der Waals surface area contributed by atoms with Gasteiger partial charge in [-0.2, -0.15) is 0 Å². The van der Waals surface area contributed by atoms with Crippen molar-refractivity contribution in [3.8, 4) is 0 Å². The number of hydrogen-bond donors (Lipinski definition) is 2. The smallest absolute Gasteiger partial charge is 0.191 e. The van der Waals surface area contributed by atoms with E-state index in [1.807, 2.05) is 0 Å². The van der Waals surface area contributed by atoms with E-state index in [1.165, 1.54) is 45.3 Å². The minimum absolute atomic E-state index is 0.597. The fraction of sp³-hybridized carbons (Fsp3) is 0.933. The van der Waals surface area contributed by atoms with Gasteiger partial charge in [0.25, 0.3) is 0 Å². The molecule has 0 radical (unpaired) electrons. The van der Waals surface area contributed by atoms with Crippen molar-refractivity contribution in [3.63, 3.8) is 0 Å². The van der Waals surface area contributed by atoms with E-state index < -0.39 is 0 Å². The summed E-state index contributed by atoms with van der Waals surface area (Å²) < 4.78 is 0. The van der Waals surface area contributed by atoms with Gasteiger partial charge in [-0.15, -0.1) is 0 Å². The summed E-state index contributed by atoms with van der Waals surface area (Å²) in [6, 6.07) is 1.25. The lowest BCUT2D eigenvalue weighted by atomic mass is 10.1. The van der Waals surface area contributed by atoms with E-state index in [4.69, 9.17) is 0 Å². The molecule has 2 unspecified atom stereocenters. The average molecular weight is 266 g/mol. The number of guanidine groups is 1. The van der Waals surface area contributed by atoms with E-state index in [0.717, 1.165) is 18.4 Å². The van der Waals surface area contributed by atoms with Crippen LogP contribution in [-0.2, 0) is 0 Å². The van der Waals surface area contributed by atoms with Crippen LogP contribution in [0.5, 0.6) is 0 Å². The zero-order valence-electron chi connectivity index (χ0n) is 12.8. The second-order valence-electron chi connectivity index (χ2n) is 6.05. The van der Waals surface area contributed by atoms with Crippen molar-refractivity contribution in [2.45, 2.75) is 58.5 Å². The SMILES string of the molecule is CCCN1CCC(NC(=NCC)NC2CC2C)CC1. The van der Waals surface area contributed by atoms with Gasteiger partial charge in [0.05, 0.1) is 0 Å². The maximum absolute atomic E-state index is 4.57. The Morgan fingerprint density at radius 3 is 2.42 bits per heavy atom. The van der Waals surface area contributed by atoms with Gasteiger partial charge in [-0.05, 0) is 45.1 Å². The topological polar surface area (TPSA) is 39.7 Å². The van der Waals surface area contributed by atoms with Crippen molar-refractivity contribution in [2.75, 3.05) is 26.2 Å². The molecule has 1 saturated carbocycles. The van der Waals surface area contributed by atoms with E-state index in [2.05, 4.69) is 41.3 Å². The molecule has 0 amide bonds. The van der Waals surface area contributed by atoms with Gasteiger partial charge >= 0.3 is 0 Å². The highest BCUT2D eigenvalue weighted by Crippen LogP contribution is 2.28. The third kappa shape index (κ3) is 4.68. The highest BCUT2D eigenvalue weighted by atomic mass is 15.2. The summed E-state index contributed by atoms with van der Waals surface area (Å²) >= 11 is 0. The van der Waals surface area contributed by atoms with Gasteiger partial charge in [0.2, 0.25) is 0 Å². The molecule has 1 aliphatic carbocycles. The fourth-order valence-corrected chi connectivity index (χ4v) is 2.80. The van der Waals surface area contributed by atoms with Crippen LogP contribution in [0.25, 0.3) is 0 Å². The second kappa shape index (κ2) is 7.13. The largest absolute Gasteiger partial charge is 0.354 e. The number of aliphatic imine (C=N–C) groups is 1. The molecule has 1 saturated heterocycles. The quantitative estimate of drug-likeness (QED) is 0.589. The zero-order valence-corrected chi connectivity index (χ0v) is 12.8. The monoisotopic (exact) mass is 266 g/mol. The van der Waals surface area contributed by atoms with Gasteiger partial charge in [-0.1, -0.05) is 13.8 Å². The molecule has 0 aromatic rings. The zero-order chi connectivity index (χ0) is 13.7. The van der Waals surface area contributed by atoms with E-state index in [9.17, 15) is 0 Å².